The van der Waals surface area contributed by atoms with Crippen LogP contribution in [-0.2, 0) is 16.1 Å². The summed E-state index contributed by atoms with van der Waals surface area (Å²) in [7, 11) is 0. The normalized spacial score (nSPS) is 24.8. The molecule has 2 saturated heterocycles. The minimum Gasteiger partial charge on any atom is -0.355 e. The molecule has 2 aliphatic rings. The van der Waals surface area contributed by atoms with Crippen LogP contribution >= 0.6 is 0 Å². The molecule has 0 bridgehead atoms. The van der Waals surface area contributed by atoms with Crippen LogP contribution in [-0.4, -0.2) is 47.4 Å². The highest BCUT2D eigenvalue weighted by molar-refractivity contribution is 5.89. The van der Waals surface area contributed by atoms with Crippen molar-refractivity contribution in [2.45, 2.75) is 38.3 Å². The second-order valence-electron chi connectivity index (χ2n) is 6.33. The van der Waals surface area contributed by atoms with E-state index in [0.29, 0.717) is 19.5 Å². The molecule has 0 aromatic carbocycles. The zero-order chi connectivity index (χ0) is 16.1. The first kappa shape index (κ1) is 15.9. The van der Waals surface area contributed by atoms with Crippen molar-refractivity contribution in [1.82, 2.24) is 20.5 Å². The van der Waals surface area contributed by atoms with E-state index in [1.54, 1.807) is 6.20 Å². The summed E-state index contributed by atoms with van der Waals surface area (Å²) >= 11 is 0. The summed E-state index contributed by atoms with van der Waals surface area (Å²) in [6.45, 7) is 2.92. The number of hydrogen-bond donors (Lipinski definition) is 2. The third-order valence-electron chi connectivity index (χ3n) is 4.65. The maximum Gasteiger partial charge on any atom is 0.228 e. The zero-order valence-electron chi connectivity index (χ0n) is 13.3. The van der Waals surface area contributed by atoms with E-state index in [9.17, 15) is 9.59 Å². The molecule has 2 fully saturated rings. The van der Waals surface area contributed by atoms with Gasteiger partial charge in [-0.15, -0.1) is 0 Å². The zero-order valence-corrected chi connectivity index (χ0v) is 13.3. The Kier molecular flexibility index (Phi) is 5.23. The third-order valence-corrected chi connectivity index (χ3v) is 4.65. The first-order chi connectivity index (χ1) is 11.2. The molecular weight excluding hydrogens is 292 g/mol. The van der Waals surface area contributed by atoms with Crippen LogP contribution in [0.25, 0.3) is 0 Å². The topological polar surface area (TPSA) is 74.3 Å². The van der Waals surface area contributed by atoms with Gasteiger partial charge in [-0.05, 0) is 44.5 Å². The summed E-state index contributed by atoms with van der Waals surface area (Å²) < 4.78 is 0. The van der Waals surface area contributed by atoms with E-state index in [0.717, 1.165) is 38.0 Å². The molecule has 3 heterocycles. The van der Waals surface area contributed by atoms with E-state index < -0.39 is 0 Å². The lowest BCUT2D eigenvalue weighted by Crippen LogP contribution is -2.44. The van der Waals surface area contributed by atoms with Gasteiger partial charge in [-0.25, -0.2) is 0 Å². The summed E-state index contributed by atoms with van der Waals surface area (Å²) in [5.41, 5.74) is 0.898. The van der Waals surface area contributed by atoms with Crippen molar-refractivity contribution < 1.29 is 9.59 Å². The SMILES string of the molecule is O=C1CC(C(=O)N(Cc2ccccn2)C2CCCNCC2)CN1. The maximum atomic E-state index is 13.0. The minimum atomic E-state index is -0.234. The van der Waals surface area contributed by atoms with E-state index in [2.05, 4.69) is 15.6 Å². The van der Waals surface area contributed by atoms with Crippen molar-refractivity contribution in [3.8, 4) is 0 Å². The second-order valence-corrected chi connectivity index (χ2v) is 6.33. The quantitative estimate of drug-likeness (QED) is 0.857. The molecule has 2 amide bonds. The Morgan fingerprint density at radius 2 is 2.22 bits per heavy atom. The van der Waals surface area contributed by atoms with E-state index in [1.165, 1.54) is 0 Å². The van der Waals surface area contributed by atoms with Gasteiger partial charge in [0.1, 0.15) is 0 Å². The summed E-state index contributed by atoms with van der Waals surface area (Å²) in [6.07, 6.45) is 5.08. The van der Waals surface area contributed by atoms with Crippen LogP contribution in [0.5, 0.6) is 0 Å². The molecule has 2 atom stereocenters. The van der Waals surface area contributed by atoms with E-state index in [4.69, 9.17) is 0 Å². The monoisotopic (exact) mass is 316 g/mol. The van der Waals surface area contributed by atoms with E-state index in [-0.39, 0.29) is 23.8 Å². The van der Waals surface area contributed by atoms with Crippen molar-refractivity contribution in [3.05, 3.63) is 30.1 Å². The number of carbonyl (C=O) groups excluding carboxylic acids is 2. The van der Waals surface area contributed by atoms with Crippen molar-refractivity contribution in [1.29, 1.82) is 0 Å². The van der Waals surface area contributed by atoms with Crippen LogP contribution in [0.2, 0.25) is 0 Å². The number of hydrogen-bond acceptors (Lipinski definition) is 4. The molecular formula is C17H24N4O2. The molecule has 0 radical (unpaired) electrons. The Morgan fingerprint density at radius 1 is 1.30 bits per heavy atom. The maximum absolute atomic E-state index is 13.0. The lowest BCUT2D eigenvalue weighted by atomic mass is 10.0. The van der Waals surface area contributed by atoms with Crippen LogP contribution in [0.3, 0.4) is 0 Å². The lowest BCUT2D eigenvalue weighted by Gasteiger charge is -2.32. The summed E-state index contributed by atoms with van der Waals surface area (Å²) in [6, 6.07) is 5.99. The van der Waals surface area contributed by atoms with Crippen molar-refractivity contribution >= 4 is 11.8 Å². The van der Waals surface area contributed by atoms with Gasteiger partial charge in [0.25, 0.3) is 0 Å². The molecule has 3 rings (SSSR count). The van der Waals surface area contributed by atoms with Crippen molar-refractivity contribution in [2.24, 2.45) is 5.92 Å². The number of rotatable bonds is 4. The van der Waals surface area contributed by atoms with Gasteiger partial charge in [0.2, 0.25) is 11.8 Å². The molecule has 2 unspecified atom stereocenters. The molecule has 2 aliphatic heterocycles. The van der Waals surface area contributed by atoms with Crippen molar-refractivity contribution in [3.63, 3.8) is 0 Å². The molecule has 23 heavy (non-hydrogen) atoms. The third kappa shape index (κ3) is 4.07. The first-order valence-electron chi connectivity index (χ1n) is 8.42. The first-order valence-corrected chi connectivity index (χ1v) is 8.42. The molecule has 2 N–H and O–H groups in total. The van der Waals surface area contributed by atoms with Gasteiger partial charge >= 0.3 is 0 Å². The summed E-state index contributed by atoms with van der Waals surface area (Å²) in [4.78, 5) is 30.8. The molecule has 0 aliphatic carbocycles. The fourth-order valence-electron chi connectivity index (χ4n) is 3.38. The fourth-order valence-corrected chi connectivity index (χ4v) is 3.38. The lowest BCUT2D eigenvalue weighted by molar-refractivity contribution is -0.139. The van der Waals surface area contributed by atoms with Crippen molar-refractivity contribution in [2.75, 3.05) is 19.6 Å². The molecule has 0 saturated carbocycles. The van der Waals surface area contributed by atoms with Crippen LogP contribution in [0.15, 0.2) is 24.4 Å². The van der Waals surface area contributed by atoms with Gasteiger partial charge in [-0.2, -0.15) is 0 Å². The molecule has 0 spiro atoms. The number of amides is 2. The van der Waals surface area contributed by atoms with Crippen LogP contribution in [0.4, 0.5) is 0 Å². The fraction of sp³-hybridized carbons (Fsp3) is 0.588. The predicted octanol–water partition coefficient (Wildman–Crippen LogP) is 0.688. The predicted molar refractivity (Wildman–Crippen MR) is 86.4 cm³/mol. The van der Waals surface area contributed by atoms with Gasteiger partial charge in [-0.3, -0.25) is 14.6 Å². The number of aromatic nitrogens is 1. The highest BCUT2D eigenvalue weighted by Gasteiger charge is 2.34. The van der Waals surface area contributed by atoms with Gasteiger partial charge in [0.15, 0.2) is 0 Å². The molecule has 124 valence electrons. The Balaban J connectivity index is 1.77. The van der Waals surface area contributed by atoms with Gasteiger partial charge < -0.3 is 15.5 Å². The van der Waals surface area contributed by atoms with Crippen LogP contribution in [0, 0.1) is 5.92 Å². The standard InChI is InChI=1S/C17H24N4O2/c22-16-10-13(11-20-16)17(23)21(12-14-4-1-2-8-19-14)15-5-3-7-18-9-6-15/h1-2,4,8,13,15,18H,3,5-7,9-12H2,(H,20,22). The Hall–Kier alpha value is -1.95. The Bertz CT molecular complexity index is 541. The average molecular weight is 316 g/mol. The highest BCUT2D eigenvalue weighted by Crippen LogP contribution is 2.21. The second kappa shape index (κ2) is 7.55. The highest BCUT2D eigenvalue weighted by atomic mass is 16.2. The summed E-state index contributed by atoms with van der Waals surface area (Å²) in [5.74, 6) is -0.174. The van der Waals surface area contributed by atoms with Crippen LogP contribution < -0.4 is 10.6 Å². The smallest absolute Gasteiger partial charge is 0.228 e. The number of pyridine rings is 1. The largest absolute Gasteiger partial charge is 0.355 e. The Morgan fingerprint density at radius 3 is 2.96 bits per heavy atom. The van der Waals surface area contributed by atoms with Gasteiger partial charge in [0, 0.05) is 25.2 Å². The van der Waals surface area contributed by atoms with E-state index >= 15 is 0 Å². The molecule has 6 heteroatoms. The van der Waals surface area contributed by atoms with E-state index in [1.807, 2.05) is 23.1 Å². The number of carbonyl (C=O) groups is 2. The Labute approximate surface area is 136 Å². The number of nitrogens with one attached hydrogen (secondary N) is 2. The minimum absolute atomic E-state index is 0.0244. The molecule has 1 aromatic heterocycles. The summed E-state index contributed by atoms with van der Waals surface area (Å²) in [5, 5.41) is 6.16. The van der Waals surface area contributed by atoms with Gasteiger partial charge in [-0.1, -0.05) is 6.07 Å². The average Bonchev–Trinajstić information content (AvgIpc) is 2.84. The molecule has 1 aromatic rings. The number of nitrogens with zero attached hydrogens (tertiary/aromatic N) is 2. The molecule has 6 nitrogen and oxygen atoms in total. The van der Waals surface area contributed by atoms with Crippen LogP contribution in [0.1, 0.15) is 31.4 Å². The van der Waals surface area contributed by atoms with Gasteiger partial charge in [0.05, 0.1) is 18.2 Å².